The van der Waals surface area contributed by atoms with Crippen molar-refractivity contribution in [2.75, 3.05) is 34.3 Å². The second kappa shape index (κ2) is 13.3. The molecule has 262 valence electrons. The SMILES string of the molecule is COc1ccc2c(c1)C=C(C(=O)N1CCC(O)(c3cccnc3)CC1)Cn1c-2c(C2CCCCC2)c2ccc(C(=O)NS(=O)(=O)N(C)C)cc21. The van der Waals surface area contributed by atoms with Crippen molar-refractivity contribution in [1.82, 2.24) is 23.5 Å². The molecule has 4 aromatic rings. The van der Waals surface area contributed by atoms with E-state index in [1.807, 2.05) is 42.5 Å². The van der Waals surface area contributed by atoms with Gasteiger partial charge in [0.15, 0.2) is 0 Å². The van der Waals surface area contributed by atoms with E-state index in [0.29, 0.717) is 37.3 Å². The fraction of sp³-hybridized carbons (Fsp3) is 0.395. The minimum absolute atomic E-state index is 0.119. The van der Waals surface area contributed by atoms with E-state index in [1.165, 1.54) is 26.1 Å². The molecule has 12 heteroatoms. The maximum absolute atomic E-state index is 14.5. The van der Waals surface area contributed by atoms with Crippen molar-refractivity contribution < 1.29 is 27.9 Å². The Morgan fingerprint density at radius 3 is 2.48 bits per heavy atom. The number of piperidine rings is 1. The Morgan fingerprint density at radius 1 is 1.04 bits per heavy atom. The van der Waals surface area contributed by atoms with Gasteiger partial charge in [-0.2, -0.15) is 12.7 Å². The third kappa shape index (κ3) is 6.20. The number of carbonyl (C=O) groups is 2. The Kier molecular flexibility index (Phi) is 9.04. The number of fused-ring (bicyclic) bond motifs is 5. The highest BCUT2D eigenvalue weighted by Gasteiger charge is 2.37. The lowest BCUT2D eigenvalue weighted by Crippen LogP contribution is -2.46. The van der Waals surface area contributed by atoms with Gasteiger partial charge in [0.05, 0.1) is 24.9 Å². The van der Waals surface area contributed by atoms with Crippen molar-refractivity contribution in [3.63, 3.8) is 0 Å². The van der Waals surface area contributed by atoms with Gasteiger partial charge < -0.3 is 19.3 Å². The van der Waals surface area contributed by atoms with Crippen molar-refractivity contribution >= 4 is 39.0 Å². The van der Waals surface area contributed by atoms with E-state index in [1.54, 1.807) is 36.5 Å². The molecule has 0 bridgehead atoms. The van der Waals surface area contributed by atoms with Crippen LogP contribution < -0.4 is 9.46 Å². The summed E-state index contributed by atoms with van der Waals surface area (Å²) in [5, 5.41) is 12.4. The summed E-state index contributed by atoms with van der Waals surface area (Å²) in [6.45, 7) is 1.01. The lowest BCUT2D eigenvalue weighted by atomic mass is 9.81. The molecule has 11 nitrogen and oxygen atoms in total. The number of ether oxygens (including phenoxy) is 1. The maximum Gasteiger partial charge on any atom is 0.303 e. The van der Waals surface area contributed by atoms with Crippen molar-refractivity contribution in [3.8, 4) is 17.0 Å². The summed E-state index contributed by atoms with van der Waals surface area (Å²) in [5.74, 6) is 0.120. The summed E-state index contributed by atoms with van der Waals surface area (Å²) < 4.78 is 36.0. The number of benzene rings is 2. The first-order valence-electron chi connectivity index (χ1n) is 17.2. The Hall–Kier alpha value is -4.52. The third-order valence-electron chi connectivity index (χ3n) is 10.6. The molecule has 0 radical (unpaired) electrons. The van der Waals surface area contributed by atoms with Gasteiger partial charge in [0.25, 0.3) is 11.8 Å². The molecule has 2 fully saturated rings. The topological polar surface area (TPSA) is 134 Å². The van der Waals surface area contributed by atoms with Gasteiger partial charge in [-0.3, -0.25) is 14.6 Å². The van der Waals surface area contributed by atoms with E-state index in [9.17, 15) is 23.1 Å². The largest absolute Gasteiger partial charge is 0.497 e. The van der Waals surface area contributed by atoms with Gasteiger partial charge in [0, 0.05) is 72.7 Å². The molecule has 2 aromatic carbocycles. The van der Waals surface area contributed by atoms with Crippen molar-refractivity contribution in [2.45, 2.75) is 63.0 Å². The van der Waals surface area contributed by atoms with E-state index in [2.05, 4.69) is 14.3 Å². The van der Waals surface area contributed by atoms with Crippen LogP contribution in [0.2, 0.25) is 0 Å². The zero-order valence-electron chi connectivity index (χ0n) is 28.7. The van der Waals surface area contributed by atoms with Crippen LogP contribution in [0.3, 0.4) is 0 Å². The number of nitrogens with zero attached hydrogens (tertiary/aromatic N) is 4. The summed E-state index contributed by atoms with van der Waals surface area (Å²) in [6, 6.07) is 15.0. The quantitative estimate of drug-likeness (QED) is 0.271. The molecule has 0 spiro atoms. The van der Waals surface area contributed by atoms with E-state index >= 15 is 0 Å². The van der Waals surface area contributed by atoms with Crippen LogP contribution in [0.4, 0.5) is 0 Å². The van der Waals surface area contributed by atoms with Crippen LogP contribution >= 0.6 is 0 Å². The first-order chi connectivity index (χ1) is 24.0. The fourth-order valence-electron chi connectivity index (χ4n) is 7.79. The molecule has 2 amide bonds. The predicted octanol–water partition coefficient (Wildman–Crippen LogP) is 5.20. The number of likely N-dealkylation sites (tertiary alicyclic amines) is 1. The average molecular weight is 698 g/mol. The number of amides is 2. The van der Waals surface area contributed by atoms with Crippen LogP contribution in [0.25, 0.3) is 28.2 Å². The highest BCUT2D eigenvalue weighted by Crippen LogP contribution is 2.47. The highest BCUT2D eigenvalue weighted by molar-refractivity contribution is 7.87. The fourth-order valence-corrected chi connectivity index (χ4v) is 8.32. The molecule has 1 saturated heterocycles. The first-order valence-corrected chi connectivity index (χ1v) is 18.6. The van der Waals surface area contributed by atoms with Crippen molar-refractivity contribution in [3.05, 3.63) is 88.8 Å². The number of hydrogen-bond donors (Lipinski definition) is 2. The lowest BCUT2D eigenvalue weighted by Gasteiger charge is -2.38. The molecular formula is C38H43N5O6S. The second-order valence-electron chi connectivity index (χ2n) is 13.8. The number of pyridine rings is 1. The standard InChI is InChI=1S/C38H43N5O6S/c1-41(2)50(47,48)40-36(44)26-11-13-32-33(22-26)43-24-28(37(45)42-18-15-38(46,16-19-42)29-10-7-17-39-23-29)20-27-21-30(49-3)12-14-31(27)35(43)34(32)25-8-5-4-6-9-25/h7,10-14,17,20-23,25,46H,4-6,8-9,15-16,18-19,24H2,1-3H3,(H,40,44). The lowest BCUT2D eigenvalue weighted by molar-refractivity contribution is -0.131. The van der Waals surface area contributed by atoms with Crippen molar-refractivity contribution in [2.24, 2.45) is 0 Å². The smallest absolute Gasteiger partial charge is 0.303 e. The summed E-state index contributed by atoms with van der Waals surface area (Å²) in [5.41, 5.74) is 5.27. The predicted molar refractivity (Wildman–Crippen MR) is 192 cm³/mol. The zero-order chi connectivity index (χ0) is 35.2. The van der Waals surface area contributed by atoms with Gasteiger partial charge in [0.1, 0.15) is 5.75 Å². The molecule has 0 unspecified atom stereocenters. The average Bonchev–Trinajstić information content (AvgIpc) is 3.34. The summed E-state index contributed by atoms with van der Waals surface area (Å²) in [4.78, 5) is 33.8. The Labute approximate surface area is 292 Å². The van der Waals surface area contributed by atoms with Crippen molar-refractivity contribution in [1.29, 1.82) is 0 Å². The number of methoxy groups -OCH3 is 1. The molecule has 0 atom stereocenters. The molecule has 4 heterocycles. The zero-order valence-corrected chi connectivity index (χ0v) is 29.5. The second-order valence-corrected chi connectivity index (χ2v) is 15.7. The third-order valence-corrected chi connectivity index (χ3v) is 12.0. The van der Waals surface area contributed by atoms with Gasteiger partial charge in [0.2, 0.25) is 0 Å². The molecule has 7 rings (SSSR count). The Balaban J connectivity index is 1.33. The molecule has 2 aliphatic heterocycles. The van der Waals surface area contributed by atoms with E-state index in [-0.39, 0.29) is 23.9 Å². The van der Waals surface area contributed by atoms with Crippen LogP contribution in [-0.4, -0.2) is 78.4 Å². The number of aromatic nitrogens is 2. The minimum Gasteiger partial charge on any atom is -0.497 e. The normalized spacial score (nSPS) is 17.9. The number of rotatable bonds is 7. The van der Waals surface area contributed by atoms with Crippen LogP contribution in [0.5, 0.6) is 5.75 Å². The minimum atomic E-state index is -4.00. The molecular weight excluding hydrogens is 655 g/mol. The molecule has 2 N–H and O–H groups in total. The van der Waals surface area contributed by atoms with Crippen LogP contribution in [0, 0.1) is 0 Å². The molecule has 1 aliphatic carbocycles. The molecule has 3 aliphatic rings. The molecule has 2 aromatic heterocycles. The monoisotopic (exact) mass is 697 g/mol. The summed E-state index contributed by atoms with van der Waals surface area (Å²) in [6.07, 6.45) is 11.6. The highest BCUT2D eigenvalue weighted by atomic mass is 32.2. The summed E-state index contributed by atoms with van der Waals surface area (Å²) in [7, 11) is 0.344. The van der Waals surface area contributed by atoms with Gasteiger partial charge in [-0.05, 0) is 85.2 Å². The van der Waals surface area contributed by atoms with E-state index in [4.69, 9.17) is 4.74 Å². The van der Waals surface area contributed by atoms with Crippen LogP contribution in [0.15, 0.2) is 66.5 Å². The number of nitrogens with one attached hydrogen (secondary N) is 1. The van der Waals surface area contributed by atoms with Crippen LogP contribution in [0.1, 0.15) is 77.9 Å². The molecule has 50 heavy (non-hydrogen) atoms. The molecule has 1 saturated carbocycles. The Bertz CT molecular complexity index is 2090. The number of carbonyl (C=O) groups excluding carboxylic acids is 2. The van der Waals surface area contributed by atoms with Gasteiger partial charge in [-0.1, -0.05) is 31.4 Å². The van der Waals surface area contributed by atoms with E-state index < -0.39 is 21.7 Å². The van der Waals surface area contributed by atoms with E-state index in [0.717, 1.165) is 63.3 Å². The van der Waals surface area contributed by atoms with Gasteiger partial charge in [-0.25, -0.2) is 4.72 Å². The number of hydrogen-bond acceptors (Lipinski definition) is 7. The van der Waals surface area contributed by atoms with Gasteiger partial charge >= 0.3 is 10.2 Å². The maximum atomic E-state index is 14.5. The van der Waals surface area contributed by atoms with Crippen LogP contribution in [-0.2, 0) is 27.1 Å². The summed E-state index contributed by atoms with van der Waals surface area (Å²) >= 11 is 0. The Morgan fingerprint density at radius 2 is 1.80 bits per heavy atom. The first kappa shape index (κ1) is 34.0. The van der Waals surface area contributed by atoms with Gasteiger partial charge in [-0.15, -0.1) is 0 Å². The number of aliphatic hydroxyl groups is 1.